The number of amides is 1. The summed E-state index contributed by atoms with van der Waals surface area (Å²) in [4.78, 5) is 21.0. The van der Waals surface area contributed by atoms with Crippen LogP contribution in [0.3, 0.4) is 0 Å². The Bertz CT molecular complexity index is 931. The second-order valence-electron chi connectivity index (χ2n) is 8.06. The molecule has 5 nitrogen and oxygen atoms in total. The van der Waals surface area contributed by atoms with Crippen LogP contribution in [0.1, 0.15) is 47.8 Å². The summed E-state index contributed by atoms with van der Waals surface area (Å²) in [6.45, 7) is 7.77. The molecule has 150 valence electrons. The number of aromatic nitrogens is 2. The van der Waals surface area contributed by atoms with Gasteiger partial charge in [-0.2, -0.15) is 0 Å². The third-order valence-corrected chi connectivity index (χ3v) is 4.78. The van der Waals surface area contributed by atoms with Gasteiger partial charge in [0.2, 0.25) is 0 Å². The van der Waals surface area contributed by atoms with Crippen LogP contribution in [-0.4, -0.2) is 22.4 Å². The third kappa shape index (κ3) is 5.88. The summed E-state index contributed by atoms with van der Waals surface area (Å²) < 4.78 is 0. The SMILES string of the molecule is CC(C)(C)c1ccc(CCNC(=O)c2cccnc2NCc2ccncc2)cc1. The van der Waals surface area contributed by atoms with E-state index in [1.807, 2.05) is 12.1 Å². The summed E-state index contributed by atoms with van der Waals surface area (Å²) in [5, 5.41) is 6.24. The predicted molar refractivity (Wildman–Crippen MR) is 117 cm³/mol. The normalized spacial score (nSPS) is 11.1. The van der Waals surface area contributed by atoms with E-state index in [0.717, 1.165) is 12.0 Å². The van der Waals surface area contributed by atoms with Gasteiger partial charge in [-0.05, 0) is 52.8 Å². The molecule has 0 saturated heterocycles. The van der Waals surface area contributed by atoms with Gasteiger partial charge in [-0.3, -0.25) is 9.78 Å². The van der Waals surface area contributed by atoms with Crippen molar-refractivity contribution in [2.24, 2.45) is 0 Å². The van der Waals surface area contributed by atoms with E-state index in [1.54, 1.807) is 30.7 Å². The first-order valence-corrected chi connectivity index (χ1v) is 9.89. The number of nitrogens with zero attached hydrogens (tertiary/aromatic N) is 2. The van der Waals surface area contributed by atoms with Crippen LogP contribution in [0.2, 0.25) is 0 Å². The number of hydrogen-bond donors (Lipinski definition) is 2. The Kier molecular flexibility index (Phi) is 6.60. The lowest BCUT2D eigenvalue weighted by atomic mass is 9.86. The molecule has 1 aromatic carbocycles. The summed E-state index contributed by atoms with van der Waals surface area (Å²) in [7, 11) is 0. The summed E-state index contributed by atoms with van der Waals surface area (Å²) in [5.41, 5.74) is 4.29. The van der Waals surface area contributed by atoms with Crippen molar-refractivity contribution >= 4 is 11.7 Å². The van der Waals surface area contributed by atoms with Gasteiger partial charge in [0.05, 0.1) is 5.56 Å². The van der Waals surface area contributed by atoms with Gasteiger partial charge in [-0.1, -0.05) is 45.0 Å². The molecule has 3 aromatic rings. The molecule has 3 rings (SSSR count). The van der Waals surface area contributed by atoms with Crippen LogP contribution in [0.5, 0.6) is 0 Å². The van der Waals surface area contributed by atoms with Gasteiger partial charge in [-0.25, -0.2) is 4.98 Å². The molecule has 2 heterocycles. The second-order valence-corrected chi connectivity index (χ2v) is 8.06. The van der Waals surface area contributed by atoms with Crippen LogP contribution in [0.4, 0.5) is 5.82 Å². The van der Waals surface area contributed by atoms with Gasteiger partial charge in [0.15, 0.2) is 0 Å². The number of pyridine rings is 2. The molecule has 0 fully saturated rings. The van der Waals surface area contributed by atoms with Crippen LogP contribution in [0.25, 0.3) is 0 Å². The van der Waals surface area contributed by atoms with Crippen molar-refractivity contribution in [3.05, 3.63) is 89.4 Å². The van der Waals surface area contributed by atoms with Gasteiger partial charge < -0.3 is 10.6 Å². The fraction of sp³-hybridized carbons (Fsp3) is 0.292. The Labute approximate surface area is 172 Å². The lowest BCUT2D eigenvalue weighted by molar-refractivity contribution is 0.0954. The first-order valence-electron chi connectivity index (χ1n) is 9.89. The van der Waals surface area contributed by atoms with E-state index in [1.165, 1.54) is 11.1 Å². The summed E-state index contributed by atoms with van der Waals surface area (Å²) in [5.74, 6) is 0.456. The Morgan fingerprint density at radius 2 is 1.66 bits per heavy atom. The average Bonchev–Trinajstić information content (AvgIpc) is 2.73. The van der Waals surface area contributed by atoms with Crippen molar-refractivity contribution in [3.8, 4) is 0 Å². The number of hydrogen-bond acceptors (Lipinski definition) is 4. The van der Waals surface area contributed by atoms with E-state index in [-0.39, 0.29) is 11.3 Å². The number of nitrogens with one attached hydrogen (secondary N) is 2. The first-order chi connectivity index (χ1) is 13.9. The van der Waals surface area contributed by atoms with Crippen LogP contribution in [0, 0.1) is 0 Å². The first kappa shape index (κ1) is 20.5. The molecule has 0 aliphatic rings. The topological polar surface area (TPSA) is 66.9 Å². The maximum absolute atomic E-state index is 12.7. The summed E-state index contributed by atoms with van der Waals surface area (Å²) in [6, 6.07) is 16.0. The maximum atomic E-state index is 12.7. The third-order valence-electron chi connectivity index (χ3n) is 4.78. The predicted octanol–water partition coefficient (Wildman–Crippen LogP) is 4.36. The summed E-state index contributed by atoms with van der Waals surface area (Å²) >= 11 is 0. The lowest BCUT2D eigenvalue weighted by Crippen LogP contribution is -2.27. The number of carbonyl (C=O) groups is 1. The average molecular weight is 389 g/mol. The molecule has 0 atom stereocenters. The van der Waals surface area contributed by atoms with Gasteiger partial charge in [0, 0.05) is 31.7 Å². The smallest absolute Gasteiger partial charge is 0.255 e. The van der Waals surface area contributed by atoms with Crippen molar-refractivity contribution in [2.45, 2.75) is 39.2 Å². The molecule has 0 radical (unpaired) electrons. The molecule has 0 aliphatic heterocycles. The highest BCUT2D eigenvalue weighted by Gasteiger charge is 2.14. The number of anilines is 1. The van der Waals surface area contributed by atoms with E-state index in [4.69, 9.17) is 0 Å². The fourth-order valence-electron chi connectivity index (χ4n) is 3.00. The molecule has 0 aliphatic carbocycles. The monoisotopic (exact) mass is 388 g/mol. The highest BCUT2D eigenvalue weighted by Crippen LogP contribution is 2.22. The van der Waals surface area contributed by atoms with Crippen LogP contribution >= 0.6 is 0 Å². The zero-order valence-corrected chi connectivity index (χ0v) is 17.3. The van der Waals surface area contributed by atoms with Crippen molar-refractivity contribution in [3.63, 3.8) is 0 Å². The van der Waals surface area contributed by atoms with Crippen molar-refractivity contribution in [2.75, 3.05) is 11.9 Å². The Morgan fingerprint density at radius 3 is 2.34 bits per heavy atom. The molecule has 1 amide bonds. The minimum Gasteiger partial charge on any atom is -0.365 e. The van der Waals surface area contributed by atoms with Gasteiger partial charge >= 0.3 is 0 Å². The van der Waals surface area contributed by atoms with Crippen LogP contribution in [-0.2, 0) is 18.4 Å². The van der Waals surface area contributed by atoms with Gasteiger partial charge in [-0.15, -0.1) is 0 Å². The van der Waals surface area contributed by atoms with Crippen LogP contribution < -0.4 is 10.6 Å². The Morgan fingerprint density at radius 1 is 0.931 bits per heavy atom. The molecule has 0 unspecified atom stereocenters. The Balaban J connectivity index is 1.55. The van der Waals surface area contributed by atoms with Crippen LogP contribution in [0.15, 0.2) is 67.1 Å². The molecule has 29 heavy (non-hydrogen) atoms. The standard InChI is InChI=1S/C24H28N4O/c1-24(2,3)20-8-6-18(7-9-20)12-16-27-23(29)21-5-4-13-26-22(21)28-17-19-10-14-25-15-11-19/h4-11,13-15H,12,16-17H2,1-3H3,(H,26,28)(H,27,29). The molecule has 0 bridgehead atoms. The molecule has 2 N–H and O–H groups in total. The number of rotatable bonds is 7. The van der Waals surface area contributed by atoms with E-state index < -0.39 is 0 Å². The highest BCUT2D eigenvalue weighted by atomic mass is 16.1. The molecule has 0 spiro atoms. The van der Waals surface area contributed by atoms with E-state index >= 15 is 0 Å². The van der Waals surface area contributed by atoms with Crippen molar-refractivity contribution in [1.29, 1.82) is 0 Å². The molecular formula is C24H28N4O. The minimum absolute atomic E-state index is 0.123. The number of benzene rings is 1. The summed E-state index contributed by atoms with van der Waals surface area (Å²) in [6.07, 6.45) is 5.97. The fourth-order valence-corrected chi connectivity index (χ4v) is 3.00. The zero-order valence-electron chi connectivity index (χ0n) is 17.3. The maximum Gasteiger partial charge on any atom is 0.255 e. The quantitative estimate of drug-likeness (QED) is 0.631. The van der Waals surface area contributed by atoms with Gasteiger partial charge in [0.1, 0.15) is 5.82 Å². The highest BCUT2D eigenvalue weighted by molar-refractivity contribution is 5.98. The van der Waals surface area contributed by atoms with Gasteiger partial charge in [0.25, 0.3) is 5.91 Å². The van der Waals surface area contributed by atoms with Crippen molar-refractivity contribution < 1.29 is 4.79 Å². The molecule has 0 saturated carbocycles. The molecule has 2 aromatic heterocycles. The van der Waals surface area contributed by atoms with E-state index in [9.17, 15) is 4.79 Å². The largest absolute Gasteiger partial charge is 0.365 e. The minimum atomic E-state index is -0.123. The van der Waals surface area contributed by atoms with E-state index in [0.29, 0.717) is 24.5 Å². The van der Waals surface area contributed by atoms with Crippen molar-refractivity contribution in [1.82, 2.24) is 15.3 Å². The number of carbonyl (C=O) groups excluding carboxylic acids is 1. The molecular weight excluding hydrogens is 360 g/mol. The van der Waals surface area contributed by atoms with E-state index in [2.05, 4.69) is 65.6 Å². The Hall–Kier alpha value is -3.21. The zero-order chi connectivity index (χ0) is 20.7. The lowest BCUT2D eigenvalue weighted by Gasteiger charge is -2.19. The second kappa shape index (κ2) is 9.32. The molecule has 5 heteroatoms.